The fourth-order valence-corrected chi connectivity index (χ4v) is 13.8. The van der Waals surface area contributed by atoms with E-state index >= 15 is 0 Å². The zero-order valence-electron chi connectivity index (χ0n) is 40.3. The second-order valence-corrected chi connectivity index (χ2v) is 20.4. The SMILES string of the molecule is [C-]#[N+]c1c(-n2c3ccc(-c4ccc5oc6ccccc6c5c4)cc3c3cc(-c4ccc5oc6ccccc6c5c4)ccc32)c(C#N)c2c3c1-n1c4ccccc4c4cccc(c41)B3c1cccc3c4ccccc4n-2c13. The van der Waals surface area contributed by atoms with Crippen molar-refractivity contribution in [3.05, 3.63) is 223 Å². The molecule has 7 nitrogen and oxygen atoms in total. The molecule has 0 N–H and O–H groups in total. The summed E-state index contributed by atoms with van der Waals surface area (Å²) >= 11 is 0. The van der Waals surface area contributed by atoms with Gasteiger partial charge in [0.05, 0.1) is 51.3 Å². The molecule has 16 aromatic rings. The Hall–Kier alpha value is -10.5. The molecule has 0 amide bonds. The van der Waals surface area contributed by atoms with E-state index in [1.165, 1.54) is 10.9 Å². The Morgan fingerprint density at radius 2 is 0.803 bits per heavy atom. The molecule has 0 unspecified atom stereocenters. The highest BCUT2D eigenvalue weighted by atomic mass is 16.3. The maximum Gasteiger partial charge on any atom is 0.250 e. The van der Waals surface area contributed by atoms with Crippen molar-refractivity contribution in [2.24, 2.45) is 0 Å². The lowest BCUT2D eigenvalue weighted by atomic mass is 9.34. The predicted octanol–water partition coefficient (Wildman–Crippen LogP) is 15.7. The Bertz CT molecular complexity index is 5140. The van der Waals surface area contributed by atoms with Crippen molar-refractivity contribution in [3.8, 4) is 45.4 Å². The van der Waals surface area contributed by atoms with Crippen LogP contribution in [-0.2, 0) is 0 Å². The van der Waals surface area contributed by atoms with Gasteiger partial charge in [0.15, 0.2) is 0 Å². The van der Waals surface area contributed by atoms with Gasteiger partial charge in [-0.3, -0.25) is 0 Å². The molecule has 0 bridgehead atoms. The quantitative estimate of drug-likeness (QED) is 0.131. The Morgan fingerprint density at radius 1 is 0.382 bits per heavy atom. The number of hydrogen-bond donors (Lipinski definition) is 0. The monoisotopic (exact) mass is 963 g/mol. The third-order valence-electron chi connectivity index (χ3n) is 16.9. The molecule has 0 saturated heterocycles. The van der Waals surface area contributed by atoms with E-state index in [1.807, 2.05) is 24.3 Å². The molecular formula is C68H34BN5O2. The number of aromatic nitrogens is 3. The minimum Gasteiger partial charge on any atom is -0.456 e. The molecule has 346 valence electrons. The first kappa shape index (κ1) is 40.0. The standard InChI is InChI=1S/C68H34BN5O2/c1-71-63-67(51(36-70)66-62-68(63)74-55-21-7-3-13-42(55)46-17-11-19-53(65(46)74)69(62)52-18-10-16-45-41-12-2-6-20-54(41)73(66)64(45)52)72-56-28-24-37(39-26-30-60-49(34-39)43-14-4-8-22-58(43)75-60)32-47(56)48-33-38(25-29-57(48)72)40-27-31-61-50(35-40)44-15-5-9-23-59(44)76-61/h2-35H. The normalized spacial score (nSPS) is 12.7. The average Bonchev–Trinajstić information content (AvgIpc) is 4.34. The first-order chi connectivity index (χ1) is 37.6. The number of nitrogens with zero attached hydrogens (tertiary/aromatic N) is 5. The minimum absolute atomic E-state index is 0.245. The highest BCUT2D eigenvalue weighted by Gasteiger charge is 2.44. The first-order valence-corrected chi connectivity index (χ1v) is 25.6. The summed E-state index contributed by atoms with van der Waals surface area (Å²) in [4.78, 5) is 4.66. The molecular weight excluding hydrogens is 930 g/mol. The fourth-order valence-electron chi connectivity index (χ4n) is 13.8. The molecule has 5 aromatic heterocycles. The Labute approximate surface area is 432 Å². The first-order valence-electron chi connectivity index (χ1n) is 25.6. The summed E-state index contributed by atoms with van der Waals surface area (Å²) in [5.41, 5.74) is 20.0. The summed E-state index contributed by atoms with van der Waals surface area (Å²) in [6.07, 6.45) is 0. The largest absolute Gasteiger partial charge is 0.456 e. The van der Waals surface area contributed by atoms with E-state index in [2.05, 4.69) is 207 Å². The number of furan rings is 2. The fraction of sp³-hybridized carbons (Fsp3) is 0. The van der Waals surface area contributed by atoms with Gasteiger partial charge in [0.2, 0.25) is 5.69 Å². The van der Waals surface area contributed by atoms with Crippen molar-refractivity contribution < 1.29 is 8.83 Å². The molecule has 2 aliphatic heterocycles. The lowest BCUT2D eigenvalue weighted by Crippen LogP contribution is -2.59. The number of rotatable bonds is 3. The molecule has 0 fully saturated rings. The van der Waals surface area contributed by atoms with Crippen LogP contribution in [0.25, 0.3) is 153 Å². The van der Waals surface area contributed by atoms with Crippen LogP contribution in [0.5, 0.6) is 0 Å². The molecule has 0 radical (unpaired) electrons. The van der Waals surface area contributed by atoms with Gasteiger partial charge >= 0.3 is 0 Å². The van der Waals surface area contributed by atoms with Gasteiger partial charge in [0, 0.05) is 64.9 Å². The highest BCUT2D eigenvalue weighted by molar-refractivity contribution is 7.00. The van der Waals surface area contributed by atoms with Crippen LogP contribution in [-0.4, -0.2) is 20.4 Å². The van der Waals surface area contributed by atoms with Gasteiger partial charge in [-0.2, -0.15) is 5.26 Å². The van der Waals surface area contributed by atoms with Gasteiger partial charge in [-0.15, -0.1) is 0 Å². The number of hydrogen-bond acceptors (Lipinski definition) is 3. The van der Waals surface area contributed by atoms with Crippen LogP contribution in [0.1, 0.15) is 5.56 Å². The zero-order chi connectivity index (χ0) is 49.7. The molecule has 76 heavy (non-hydrogen) atoms. The smallest absolute Gasteiger partial charge is 0.250 e. The summed E-state index contributed by atoms with van der Waals surface area (Å²) in [6.45, 7) is 9.26. The van der Waals surface area contributed by atoms with Crippen LogP contribution >= 0.6 is 0 Å². The lowest BCUT2D eigenvalue weighted by Gasteiger charge is -2.36. The third kappa shape index (κ3) is 4.87. The van der Waals surface area contributed by atoms with Crippen LogP contribution in [0.4, 0.5) is 5.69 Å². The zero-order valence-corrected chi connectivity index (χ0v) is 40.3. The Kier molecular flexibility index (Phi) is 7.45. The van der Waals surface area contributed by atoms with Crippen molar-refractivity contribution in [2.75, 3.05) is 0 Å². The van der Waals surface area contributed by atoms with Crippen LogP contribution in [0, 0.1) is 17.9 Å². The minimum atomic E-state index is -0.245. The Balaban J connectivity index is 0.994. The summed E-state index contributed by atoms with van der Waals surface area (Å²) in [6, 6.07) is 75.8. The van der Waals surface area contributed by atoms with Gasteiger partial charge in [-0.05, 0) is 111 Å². The summed E-state index contributed by atoms with van der Waals surface area (Å²) in [7, 11) is 0. The van der Waals surface area contributed by atoms with Crippen molar-refractivity contribution in [3.63, 3.8) is 0 Å². The van der Waals surface area contributed by atoms with Crippen LogP contribution in [0.15, 0.2) is 215 Å². The summed E-state index contributed by atoms with van der Waals surface area (Å²) < 4.78 is 19.5. The molecule has 7 heterocycles. The molecule has 11 aromatic carbocycles. The van der Waals surface area contributed by atoms with E-state index in [0.717, 1.165) is 148 Å². The molecule has 2 aliphatic rings. The van der Waals surface area contributed by atoms with Gasteiger partial charge in [0.25, 0.3) is 6.71 Å². The van der Waals surface area contributed by atoms with Gasteiger partial charge < -0.3 is 22.5 Å². The van der Waals surface area contributed by atoms with E-state index in [4.69, 9.17) is 8.83 Å². The van der Waals surface area contributed by atoms with E-state index in [9.17, 15) is 11.8 Å². The van der Waals surface area contributed by atoms with E-state index in [1.54, 1.807) is 0 Å². The average molecular weight is 964 g/mol. The van der Waals surface area contributed by atoms with E-state index < -0.39 is 0 Å². The molecule has 0 saturated carbocycles. The number of fused-ring (bicyclic) bond motifs is 19. The molecule has 0 spiro atoms. The Morgan fingerprint density at radius 3 is 1.32 bits per heavy atom. The van der Waals surface area contributed by atoms with E-state index in [0.29, 0.717) is 16.9 Å². The van der Waals surface area contributed by atoms with Gasteiger partial charge in [0.1, 0.15) is 28.4 Å². The maximum absolute atomic E-state index is 12.2. The van der Waals surface area contributed by atoms with Crippen molar-refractivity contribution >= 4 is 138 Å². The second kappa shape index (κ2) is 14.1. The van der Waals surface area contributed by atoms with Crippen molar-refractivity contribution in [2.45, 2.75) is 0 Å². The van der Waals surface area contributed by atoms with Crippen LogP contribution in [0.2, 0.25) is 0 Å². The predicted molar refractivity (Wildman–Crippen MR) is 311 cm³/mol. The summed E-state index contributed by atoms with van der Waals surface area (Å²) in [5, 5.41) is 23.0. The summed E-state index contributed by atoms with van der Waals surface area (Å²) in [5.74, 6) is 0. The van der Waals surface area contributed by atoms with Crippen molar-refractivity contribution in [1.82, 2.24) is 13.7 Å². The topological polar surface area (TPSA) is 69.2 Å². The lowest BCUT2D eigenvalue weighted by molar-refractivity contribution is 0.668. The van der Waals surface area contributed by atoms with Gasteiger partial charge in [-0.25, -0.2) is 4.85 Å². The third-order valence-corrected chi connectivity index (χ3v) is 16.9. The van der Waals surface area contributed by atoms with Gasteiger partial charge in [-0.1, -0.05) is 133 Å². The molecule has 0 atom stereocenters. The molecule has 8 heteroatoms. The maximum atomic E-state index is 12.2. The number of para-hydroxylation sites is 6. The number of nitriles is 1. The van der Waals surface area contributed by atoms with Crippen LogP contribution in [0.3, 0.4) is 0 Å². The molecule has 0 aliphatic carbocycles. The highest BCUT2D eigenvalue weighted by Crippen LogP contribution is 2.49. The van der Waals surface area contributed by atoms with Crippen molar-refractivity contribution in [1.29, 1.82) is 5.26 Å². The number of benzene rings is 11. The second-order valence-electron chi connectivity index (χ2n) is 20.4. The molecule has 18 rings (SSSR count). The van der Waals surface area contributed by atoms with Crippen LogP contribution < -0.4 is 16.4 Å². The van der Waals surface area contributed by atoms with E-state index in [-0.39, 0.29) is 6.71 Å².